The minimum atomic E-state index is -1.03. The molecule has 8 heteroatoms. The molecule has 1 heterocycles. The fraction of sp³-hybridized carbons (Fsp3) is 0.0769. The Morgan fingerprint density at radius 2 is 2.24 bits per heavy atom. The Labute approximate surface area is 119 Å². The summed E-state index contributed by atoms with van der Waals surface area (Å²) >= 11 is 0. The summed E-state index contributed by atoms with van der Waals surface area (Å²) in [6.07, 6.45) is 3.83. The van der Waals surface area contributed by atoms with E-state index in [0.717, 1.165) is 6.08 Å². The van der Waals surface area contributed by atoms with Gasteiger partial charge >= 0.3 is 12.0 Å². The maximum atomic E-state index is 11.7. The number of carbonyl (C=O) groups is 2. The second-order valence-electron chi connectivity index (χ2n) is 4.04. The Hall–Kier alpha value is -3.16. The number of nitrogens with zero attached hydrogens (tertiary/aromatic N) is 2. The van der Waals surface area contributed by atoms with Gasteiger partial charge in [0.25, 0.3) is 0 Å². The zero-order valence-electron chi connectivity index (χ0n) is 10.9. The van der Waals surface area contributed by atoms with E-state index in [9.17, 15) is 9.59 Å². The lowest BCUT2D eigenvalue weighted by Crippen LogP contribution is -2.28. The maximum absolute atomic E-state index is 11.7. The van der Waals surface area contributed by atoms with Crippen LogP contribution in [0.25, 0.3) is 6.08 Å². The molecule has 2 aromatic rings. The van der Waals surface area contributed by atoms with Gasteiger partial charge in [0, 0.05) is 11.8 Å². The third-order valence-electron chi connectivity index (χ3n) is 2.44. The summed E-state index contributed by atoms with van der Waals surface area (Å²) in [6.45, 7) is 0.227. The highest BCUT2D eigenvalue weighted by Crippen LogP contribution is 2.11. The molecular formula is C13H13N5O3. The van der Waals surface area contributed by atoms with Crippen LogP contribution in [0.5, 0.6) is 0 Å². The monoisotopic (exact) mass is 287 g/mol. The SMILES string of the molecule is O=C(O)/C=C/c1cccc(NC(=O)NCc2ncn[nH]2)c1. The third kappa shape index (κ3) is 4.78. The van der Waals surface area contributed by atoms with Crippen LogP contribution < -0.4 is 10.6 Å². The molecule has 0 bridgehead atoms. The second-order valence-corrected chi connectivity index (χ2v) is 4.04. The zero-order valence-corrected chi connectivity index (χ0v) is 10.9. The van der Waals surface area contributed by atoms with Gasteiger partial charge in [-0.1, -0.05) is 12.1 Å². The topological polar surface area (TPSA) is 120 Å². The smallest absolute Gasteiger partial charge is 0.328 e. The Kier molecular flexibility index (Phi) is 4.65. The van der Waals surface area contributed by atoms with E-state index in [1.54, 1.807) is 24.3 Å². The quantitative estimate of drug-likeness (QED) is 0.616. The van der Waals surface area contributed by atoms with E-state index in [1.165, 1.54) is 12.4 Å². The standard InChI is InChI=1S/C13H13N5O3/c19-12(20)5-4-9-2-1-3-10(6-9)17-13(21)14-7-11-15-8-16-18-11/h1-6,8H,7H2,(H,19,20)(H2,14,17,21)(H,15,16,18)/b5-4+. The zero-order chi connectivity index (χ0) is 15.1. The van der Waals surface area contributed by atoms with Gasteiger partial charge in [-0.25, -0.2) is 14.6 Å². The molecule has 0 saturated carbocycles. The fourth-order valence-electron chi connectivity index (χ4n) is 1.54. The lowest BCUT2D eigenvalue weighted by Gasteiger charge is -2.07. The van der Waals surface area contributed by atoms with E-state index < -0.39 is 12.0 Å². The van der Waals surface area contributed by atoms with Crippen LogP contribution in [0.2, 0.25) is 0 Å². The van der Waals surface area contributed by atoms with Crippen LogP contribution in [-0.2, 0) is 11.3 Å². The second kappa shape index (κ2) is 6.85. The van der Waals surface area contributed by atoms with E-state index in [4.69, 9.17) is 5.11 Å². The fourth-order valence-corrected chi connectivity index (χ4v) is 1.54. The molecule has 0 saturated heterocycles. The van der Waals surface area contributed by atoms with Gasteiger partial charge in [-0.2, -0.15) is 5.10 Å². The number of anilines is 1. The Morgan fingerprint density at radius 1 is 1.38 bits per heavy atom. The summed E-state index contributed by atoms with van der Waals surface area (Å²) in [5.74, 6) is -0.485. The van der Waals surface area contributed by atoms with Crippen molar-refractivity contribution >= 4 is 23.8 Å². The normalized spacial score (nSPS) is 10.5. The number of carboxylic acid groups (broad SMARTS) is 1. The largest absolute Gasteiger partial charge is 0.478 e. The van der Waals surface area contributed by atoms with Crippen molar-refractivity contribution < 1.29 is 14.7 Å². The van der Waals surface area contributed by atoms with Crippen LogP contribution in [0.4, 0.5) is 10.5 Å². The molecule has 2 rings (SSSR count). The van der Waals surface area contributed by atoms with Crippen molar-refractivity contribution in [1.82, 2.24) is 20.5 Å². The number of benzene rings is 1. The van der Waals surface area contributed by atoms with Crippen molar-refractivity contribution in [2.75, 3.05) is 5.32 Å². The summed E-state index contributed by atoms with van der Waals surface area (Å²) in [6, 6.07) is 6.41. The summed E-state index contributed by atoms with van der Waals surface area (Å²) in [5, 5.41) is 20.1. The molecule has 8 nitrogen and oxygen atoms in total. The average Bonchev–Trinajstić information content (AvgIpc) is 2.97. The number of amides is 2. The van der Waals surface area contributed by atoms with Crippen molar-refractivity contribution in [3.63, 3.8) is 0 Å². The lowest BCUT2D eigenvalue weighted by molar-refractivity contribution is -0.131. The first-order chi connectivity index (χ1) is 10.1. The number of aromatic amines is 1. The highest BCUT2D eigenvalue weighted by molar-refractivity contribution is 5.90. The summed E-state index contributed by atoms with van der Waals surface area (Å²) < 4.78 is 0. The molecule has 0 fully saturated rings. The Bertz CT molecular complexity index is 652. The number of carbonyl (C=O) groups excluding carboxylic acids is 1. The van der Waals surface area contributed by atoms with Gasteiger partial charge in [0.2, 0.25) is 0 Å². The number of urea groups is 1. The van der Waals surface area contributed by atoms with Gasteiger partial charge in [0.05, 0.1) is 6.54 Å². The molecular weight excluding hydrogens is 274 g/mol. The number of hydrogen-bond acceptors (Lipinski definition) is 4. The van der Waals surface area contributed by atoms with E-state index in [0.29, 0.717) is 17.1 Å². The molecule has 0 aliphatic rings. The minimum absolute atomic E-state index is 0.227. The van der Waals surface area contributed by atoms with E-state index in [2.05, 4.69) is 25.8 Å². The van der Waals surface area contributed by atoms with Crippen molar-refractivity contribution in [3.8, 4) is 0 Å². The van der Waals surface area contributed by atoms with Gasteiger partial charge in [-0.15, -0.1) is 0 Å². The lowest BCUT2D eigenvalue weighted by atomic mass is 10.2. The predicted octanol–water partition coefficient (Wildman–Crippen LogP) is 1.22. The maximum Gasteiger partial charge on any atom is 0.328 e. The van der Waals surface area contributed by atoms with Crippen molar-refractivity contribution in [2.24, 2.45) is 0 Å². The molecule has 4 N–H and O–H groups in total. The van der Waals surface area contributed by atoms with Crippen LogP contribution in [0.15, 0.2) is 36.7 Å². The van der Waals surface area contributed by atoms with Crippen LogP contribution >= 0.6 is 0 Å². The van der Waals surface area contributed by atoms with Gasteiger partial charge in [-0.05, 0) is 23.8 Å². The number of carboxylic acids is 1. The summed E-state index contributed by atoms with van der Waals surface area (Å²) in [4.78, 5) is 26.0. The number of hydrogen-bond donors (Lipinski definition) is 4. The molecule has 0 aliphatic carbocycles. The molecule has 0 unspecified atom stereocenters. The third-order valence-corrected chi connectivity index (χ3v) is 2.44. The highest BCUT2D eigenvalue weighted by atomic mass is 16.4. The molecule has 1 aromatic heterocycles. The Morgan fingerprint density at radius 3 is 2.95 bits per heavy atom. The molecule has 0 radical (unpaired) electrons. The number of aromatic nitrogens is 3. The van der Waals surface area contributed by atoms with E-state index in [1.807, 2.05) is 0 Å². The molecule has 2 amide bonds. The van der Waals surface area contributed by atoms with Crippen LogP contribution in [-0.4, -0.2) is 32.3 Å². The molecule has 0 aliphatic heterocycles. The molecule has 0 atom stereocenters. The first-order valence-electron chi connectivity index (χ1n) is 6.03. The Balaban J connectivity index is 1.91. The molecule has 108 valence electrons. The van der Waals surface area contributed by atoms with Gasteiger partial charge in [0.15, 0.2) is 0 Å². The molecule has 1 aromatic carbocycles. The predicted molar refractivity (Wildman–Crippen MR) is 75.4 cm³/mol. The van der Waals surface area contributed by atoms with Gasteiger partial charge < -0.3 is 15.7 Å². The molecule has 0 spiro atoms. The number of H-pyrrole nitrogens is 1. The van der Waals surface area contributed by atoms with Crippen LogP contribution in [0, 0.1) is 0 Å². The highest BCUT2D eigenvalue weighted by Gasteiger charge is 2.03. The first kappa shape index (κ1) is 14.3. The van der Waals surface area contributed by atoms with Gasteiger partial charge in [-0.3, -0.25) is 5.10 Å². The first-order valence-corrected chi connectivity index (χ1v) is 6.03. The van der Waals surface area contributed by atoms with Gasteiger partial charge in [0.1, 0.15) is 12.2 Å². The number of nitrogens with one attached hydrogen (secondary N) is 3. The average molecular weight is 287 g/mol. The summed E-state index contributed by atoms with van der Waals surface area (Å²) in [7, 11) is 0. The number of aliphatic carboxylic acids is 1. The van der Waals surface area contributed by atoms with Crippen molar-refractivity contribution in [1.29, 1.82) is 0 Å². The van der Waals surface area contributed by atoms with E-state index in [-0.39, 0.29) is 6.54 Å². The molecule has 21 heavy (non-hydrogen) atoms. The van der Waals surface area contributed by atoms with Crippen molar-refractivity contribution in [2.45, 2.75) is 6.54 Å². The van der Waals surface area contributed by atoms with Crippen molar-refractivity contribution in [3.05, 3.63) is 48.1 Å². The van der Waals surface area contributed by atoms with Crippen LogP contribution in [0.3, 0.4) is 0 Å². The number of rotatable bonds is 5. The summed E-state index contributed by atoms with van der Waals surface area (Å²) in [5.41, 5.74) is 1.23. The van der Waals surface area contributed by atoms with Crippen LogP contribution in [0.1, 0.15) is 11.4 Å². The minimum Gasteiger partial charge on any atom is -0.478 e. The van der Waals surface area contributed by atoms with E-state index >= 15 is 0 Å².